The topological polar surface area (TPSA) is 58.4 Å². The SMILES string of the molecule is CCCCNC(=O)C(C)N(CC)c1ccc(N)cc1. The zero-order valence-electron chi connectivity index (χ0n) is 12.1. The summed E-state index contributed by atoms with van der Waals surface area (Å²) in [6.45, 7) is 7.63. The normalized spacial score (nSPS) is 11.9. The number of carbonyl (C=O) groups is 1. The number of amides is 1. The quantitative estimate of drug-likeness (QED) is 0.586. The summed E-state index contributed by atoms with van der Waals surface area (Å²) in [7, 11) is 0. The Morgan fingerprint density at radius 2 is 1.95 bits per heavy atom. The Hall–Kier alpha value is -1.71. The molecule has 4 heteroatoms. The third-order valence-electron chi connectivity index (χ3n) is 3.24. The molecule has 0 radical (unpaired) electrons. The van der Waals surface area contributed by atoms with Gasteiger partial charge in [-0.05, 0) is 44.5 Å². The zero-order chi connectivity index (χ0) is 14.3. The molecule has 0 aliphatic carbocycles. The third kappa shape index (κ3) is 4.47. The molecule has 1 aromatic rings. The number of likely N-dealkylation sites (N-methyl/N-ethyl adjacent to an activating group) is 1. The number of hydrogen-bond acceptors (Lipinski definition) is 3. The van der Waals surface area contributed by atoms with Gasteiger partial charge in [-0.15, -0.1) is 0 Å². The molecule has 1 unspecified atom stereocenters. The molecule has 1 amide bonds. The minimum Gasteiger partial charge on any atom is -0.399 e. The van der Waals surface area contributed by atoms with Crippen LogP contribution in [0.5, 0.6) is 0 Å². The van der Waals surface area contributed by atoms with E-state index in [-0.39, 0.29) is 11.9 Å². The van der Waals surface area contributed by atoms with Gasteiger partial charge in [0.2, 0.25) is 5.91 Å². The molecule has 1 atom stereocenters. The van der Waals surface area contributed by atoms with Crippen LogP contribution in [0, 0.1) is 0 Å². The minimum atomic E-state index is -0.175. The first-order chi connectivity index (χ1) is 9.10. The molecule has 106 valence electrons. The first-order valence-corrected chi connectivity index (χ1v) is 7.00. The van der Waals surface area contributed by atoms with Gasteiger partial charge in [0.1, 0.15) is 6.04 Å². The lowest BCUT2D eigenvalue weighted by Gasteiger charge is -2.29. The van der Waals surface area contributed by atoms with Gasteiger partial charge in [0.05, 0.1) is 0 Å². The van der Waals surface area contributed by atoms with Crippen LogP contribution in [0.4, 0.5) is 11.4 Å². The van der Waals surface area contributed by atoms with Crippen LogP contribution in [0.3, 0.4) is 0 Å². The van der Waals surface area contributed by atoms with E-state index in [1.54, 1.807) is 0 Å². The Balaban J connectivity index is 2.68. The van der Waals surface area contributed by atoms with E-state index in [2.05, 4.69) is 17.1 Å². The van der Waals surface area contributed by atoms with Crippen LogP contribution in [-0.4, -0.2) is 25.0 Å². The Kier molecular flexibility index (Phi) is 6.19. The Labute approximate surface area is 116 Å². The number of nitrogens with one attached hydrogen (secondary N) is 1. The lowest BCUT2D eigenvalue weighted by atomic mass is 10.2. The third-order valence-corrected chi connectivity index (χ3v) is 3.24. The minimum absolute atomic E-state index is 0.0760. The molecule has 0 spiro atoms. The summed E-state index contributed by atoms with van der Waals surface area (Å²) < 4.78 is 0. The van der Waals surface area contributed by atoms with Crippen LogP contribution in [0.1, 0.15) is 33.6 Å². The lowest BCUT2D eigenvalue weighted by Crippen LogP contribution is -2.45. The average molecular weight is 263 g/mol. The summed E-state index contributed by atoms with van der Waals surface area (Å²) in [5.74, 6) is 0.0760. The lowest BCUT2D eigenvalue weighted by molar-refractivity contribution is -0.122. The highest BCUT2D eigenvalue weighted by atomic mass is 16.2. The van der Waals surface area contributed by atoms with Gasteiger partial charge in [0.15, 0.2) is 0 Å². The highest BCUT2D eigenvalue weighted by Gasteiger charge is 2.19. The van der Waals surface area contributed by atoms with Crippen molar-refractivity contribution in [2.75, 3.05) is 23.7 Å². The van der Waals surface area contributed by atoms with Crippen LogP contribution in [0.2, 0.25) is 0 Å². The molecular formula is C15H25N3O. The summed E-state index contributed by atoms with van der Waals surface area (Å²) in [5, 5.41) is 2.97. The highest BCUT2D eigenvalue weighted by Crippen LogP contribution is 2.18. The standard InChI is InChI=1S/C15H25N3O/c1-4-6-11-17-15(19)12(3)18(5-2)14-9-7-13(16)8-10-14/h7-10,12H,4-6,11,16H2,1-3H3,(H,17,19). The van der Waals surface area contributed by atoms with Gasteiger partial charge < -0.3 is 16.0 Å². The maximum Gasteiger partial charge on any atom is 0.242 e. The van der Waals surface area contributed by atoms with Crippen LogP contribution < -0.4 is 16.0 Å². The van der Waals surface area contributed by atoms with Gasteiger partial charge in [-0.1, -0.05) is 13.3 Å². The van der Waals surface area contributed by atoms with Gasteiger partial charge >= 0.3 is 0 Å². The number of hydrogen-bond donors (Lipinski definition) is 2. The van der Waals surface area contributed by atoms with E-state index in [0.29, 0.717) is 0 Å². The van der Waals surface area contributed by atoms with Crippen molar-refractivity contribution in [1.29, 1.82) is 0 Å². The number of anilines is 2. The molecule has 0 saturated carbocycles. The fraction of sp³-hybridized carbons (Fsp3) is 0.533. The maximum absolute atomic E-state index is 12.1. The number of rotatable bonds is 7. The summed E-state index contributed by atoms with van der Waals surface area (Å²) in [4.78, 5) is 14.2. The first kappa shape index (κ1) is 15.3. The van der Waals surface area contributed by atoms with Crippen LogP contribution in [0.15, 0.2) is 24.3 Å². The van der Waals surface area contributed by atoms with Gasteiger partial charge in [0.25, 0.3) is 0 Å². The van der Waals surface area contributed by atoms with Gasteiger partial charge in [-0.3, -0.25) is 4.79 Å². The predicted octanol–water partition coefficient (Wildman–Crippen LogP) is 2.40. The second-order valence-electron chi connectivity index (χ2n) is 4.70. The fourth-order valence-corrected chi connectivity index (χ4v) is 2.02. The number of benzene rings is 1. The van der Waals surface area contributed by atoms with Crippen LogP contribution in [-0.2, 0) is 4.79 Å². The van der Waals surface area contributed by atoms with Gasteiger partial charge in [-0.2, -0.15) is 0 Å². The van der Waals surface area contributed by atoms with E-state index in [9.17, 15) is 4.79 Å². The summed E-state index contributed by atoms with van der Waals surface area (Å²) in [5.41, 5.74) is 7.45. The van der Waals surface area contributed by atoms with Gasteiger partial charge in [0, 0.05) is 24.5 Å². The number of nitrogen functional groups attached to an aromatic ring is 1. The molecule has 4 nitrogen and oxygen atoms in total. The zero-order valence-corrected chi connectivity index (χ0v) is 12.1. The van der Waals surface area contributed by atoms with E-state index in [4.69, 9.17) is 5.73 Å². The molecule has 19 heavy (non-hydrogen) atoms. The van der Waals surface area contributed by atoms with Crippen LogP contribution in [0.25, 0.3) is 0 Å². The first-order valence-electron chi connectivity index (χ1n) is 7.00. The molecule has 0 aliphatic heterocycles. The smallest absolute Gasteiger partial charge is 0.242 e. The Morgan fingerprint density at radius 3 is 2.47 bits per heavy atom. The molecule has 0 saturated heterocycles. The molecule has 1 aromatic carbocycles. The Bertz CT molecular complexity index is 389. The van der Waals surface area contributed by atoms with Crippen molar-refractivity contribution in [3.8, 4) is 0 Å². The Morgan fingerprint density at radius 1 is 1.32 bits per heavy atom. The number of nitrogens with zero attached hydrogens (tertiary/aromatic N) is 1. The van der Waals surface area contributed by atoms with E-state index in [0.717, 1.165) is 37.3 Å². The molecule has 0 fully saturated rings. The van der Waals surface area contributed by atoms with Crippen molar-refractivity contribution in [3.05, 3.63) is 24.3 Å². The molecule has 0 aliphatic rings. The van der Waals surface area contributed by atoms with Crippen molar-refractivity contribution in [3.63, 3.8) is 0 Å². The van der Waals surface area contributed by atoms with E-state index in [1.807, 2.05) is 38.1 Å². The van der Waals surface area contributed by atoms with Crippen molar-refractivity contribution >= 4 is 17.3 Å². The molecule has 0 aromatic heterocycles. The monoisotopic (exact) mass is 263 g/mol. The maximum atomic E-state index is 12.1. The van der Waals surface area contributed by atoms with E-state index < -0.39 is 0 Å². The molecular weight excluding hydrogens is 238 g/mol. The molecule has 3 N–H and O–H groups in total. The van der Waals surface area contributed by atoms with Gasteiger partial charge in [-0.25, -0.2) is 0 Å². The summed E-state index contributed by atoms with van der Waals surface area (Å²) >= 11 is 0. The predicted molar refractivity (Wildman–Crippen MR) is 81.3 cm³/mol. The summed E-state index contributed by atoms with van der Waals surface area (Å²) in [6, 6.07) is 7.45. The van der Waals surface area contributed by atoms with Crippen LogP contribution >= 0.6 is 0 Å². The van der Waals surface area contributed by atoms with Crippen molar-refractivity contribution < 1.29 is 4.79 Å². The number of carbonyl (C=O) groups excluding carboxylic acids is 1. The van der Waals surface area contributed by atoms with Crippen molar-refractivity contribution in [1.82, 2.24) is 5.32 Å². The van der Waals surface area contributed by atoms with Crippen molar-refractivity contribution in [2.24, 2.45) is 0 Å². The largest absolute Gasteiger partial charge is 0.399 e. The average Bonchev–Trinajstić information content (AvgIpc) is 2.41. The van der Waals surface area contributed by atoms with E-state index >= 15 is 0 Å². The number of unbranched alkanes of at least 4 members (excludes halogenated alkanes) is 1. The molecule has 0 bridgehead atoms. The second-order valence-corrected chi connectivity index (χ2v) is 4.70. The molecule has 1 rings (SSSR count). The second kappa shape index (κ2) is 7.67. The fourth-order valence-electron chi connectivity index (χ4n) is 2.02. The number of nitrogens with two attached hydrogens (primary N) is 1. The van der Waals surface area contributed by atoms with Crippen molar-refractivity contribution in [2.45, 2.75) is 39.7 Å². The van der Waals surface area contributed by atoms with E-state index in [1.165, 1.54) is 0 Å². The highest BCUT2D eigenvalue weighted by molar-refractivity contribution is 5.84. The summed E-state index contributed by atoms with van der Waals surface area (Å²) in [6.07, 6.45) is 2.11. The molecule has 0 heterocycles.